The van der Waals surface area contributed by atoms with Crippen LogP contribution in [0, 0.1) is 55.7 Å². The zero-order chi connectivity index (χ0) is 45.7. The highest BCUT2D eigenvalue weighted by Gasteiger charge is 2.19. The number of ether oxygens (including phenoxy) is 3. The number of benzene rings is 3. The fourth-order valence-corrected chi connectivity index (χ4v) is 6.04. The predicted octanol–water partition coefficient (Wildman–Crippen LogP) is 14.7. The minimum atomic E-state index is -0.965. The second kappa shape index (κ2) is 25.9. The van der Waals surface area contributed by atoms with E-state index in [4.69, 9.17) is 14.2 Å². The first-order valence-electron chi connectivity index (χ1n) is 21.5. The molecule has 6 rings (SSSR count). The number of halogens is 6. The Kier molecular flexibility index (Phi) is 20.4. The third kappa shape index (κ3) is 14.9. The summed E-state index contributed by atoms with van der Waals surface area (Å²) in [5, 5.41) is 0. The second-order valence-corrected chi connectivity index (χ2v) is 15.0. The van der Waals surface area contributed by atoms with E-state index in [9.17, 15) is 26.3 Å². The Hall–Kier alpha value is -5.91. The lowest BCUT2D eigenvalue weighted by atomic mass is 10.1. The Morgan fingerprint density at radius 1 is 0.349 bits per heavy atom. The van der Waals surface area contributed by atoms with Gasteiger partial charge in [-0.15, -0.1) is 0 Å². The summed E-state index contributed by atoms with van der Waals surface area (Å²) < 4.78 is 100. The molecule has 0 bridgehead atoms. The van der Waals surface area contributed by atoms with Crippen molar-refractivity contribution in [3.05, 3.63) is 143 Å². The Labute approximate surface area is 367 Å². The lowest BCUT2D eigenvalue weighted by Gasteiger charge is -2.10. The first-order valence-corrected chi connectivity index (χ1v) is 21.5. The molecule has 0 unspecified atom stereocenters. The van der Waals surface area contributed by atoms with Crippen LogP contribution in [0.3, 0.4) is 0 Å². The van der Waals surface area contributed by atoms with Gasteiger partial charge in [-0.1, -0.05) is 77.5 Å². The Morgan fingerprint density at radius 3 is 0.984 bits per heavy atom. The molecule has 6 nitrogen and oxygen atoms in total. The van der Waals surface area contributed by atoms with Gasteiger partial charge in [0.05, 0.1) is 36.9 Å². The SMILES string of the molecule is CCCCCCCOc1ccc(-c2ccc(C)cn2)c(F)c1F.CCCCCOc1ccc(-c2ccc(C)cn2)c(F)c1F.CCCOc1ccc(-c2ccc(C)cn2)c(F)c1F. The minimum Gasteiger partial charge on any atom is -0.490 e. The molecule has 0 aliphatic carbocycles. The zero-order valence-corrected chi connectivity index (χ0v) is 37.0. The van der Waals surface area contributed by atoms with Gasteiger partial charge in [-0.2, -0.15) is 13.2 Å². The van der Waals surface area contributed by atoms with Crippen molar-refractivity contribution in [3.8, 4) is 51.0 Å². The van der Waals surface area contributed by atoms with Gasteiger partial charge in [0.1, 0.15) is 0 Å². The number of hydrogen-bond donors (Lipinski definition) is 0. The van der Waals surface area contributed by atoms with Crippen LogP contribution in [0.2, 0.25) is 0 Å². The lowest BCUT2D eigenvalue weighted by molar-refractivity contribution is 0.285. The largest absolute Gasteiger partial charge is 0.490 e. The molecule has 0 saturated heterocycles. The normalized spacial score (nSPS) is 10.7. The van der Waals surface area contributed by atoms with Gasteiger partial charge in [0.2, 0.25) is 17.5 Å². The molecule has 0 atom stereocenters. The smallest absolute Gasteiger partial charge is 0.201 e. The molecule has 336 valence electrons. The maximum absolute atomic E-state index is 14.2. The van der Waals surface area contributed by atoms with Crippen LogP contribution in [-0.4, -0.2) is 34.8 Å². The van der Waals surface area contributed by atoms with Gasteiger partial charge in [-0.3, -0.25) is 15.0 Å². The van der Waals surface area contributed by atoms with Crippen molar-refractivity contribution < 1.29 is 40.6 Å². The van der Waals surface area contributed by atoms with Crippen LogP contribution in [0.1, 0.15) is 95.2 Å². The molecular weight excluding hydrogens is 817 g/mol. The van der Waals surface area contributed by atoms with E-state index in [1.54, 1.807) is 42.9 Å². The average molecular weight is 874 g/mol. The van der Waals surface area contributed by atoms with Crippen molar-refractivity contribution in [1.82, 2.24) is 15.0 Å². The van der Waals surface area contributed by atoms with Crippen LogP contribution in [-0.2, 0) is 0 Å². The van der Waals surface area contributed by atoms with Crippen LogP contribution in [0.4, 0.5) is 26.3 Å². The summed E-state index contributed by atoms with van der Waals surface area (Å²) in [6.45, 7) is 13.0. The average Bonchev–Trinajstić information content (AvgIpc) is 3.28. The van der Waals surface area contributed by atoms with E-state index >= 15 is 0 Å². The molecule has 12 heteroatoms. The molecule has 3 aromatic carbocycles. The summed E-state index contributed by atoms with van der Waals surface area (Å²) in [5.74, 6) is -5.75. The van der Waals surface area contributed by atoms with E-state index in [-0.39, 0.29) is 33.9 Å². The summed E-state index contributed by atoms with van der Waals surface area (Å²) in [6, 6.07) is 19.3. The molecule has 0 radical (unpaired) electrons. The third-order valence-corrected chi connectivity index (χ3v) is 9.68. The van der Waals surface area contributed by atoms with Gasteiger partial charge in [-0.25, -0.2) is 13.2 Å². The Bertz CT molecular complexity index is 2310. The van der Waals surface area contributed by atoms with Crippen molar-refractivity contribution >= 4 is 0 Å². The third-order valence-electron chi connectivity index (χ3n) is 9.68. The monoisotopic (exact) mass is 873 g/mol. The van der Waals surface area contributed by atoms with Crippen molar-refractivity contribution in [2.45, 2.75) is 99.3 Å². The van der Waals surface area contributed by atoms with E-state index in [2.05, 4.69) is 28.8 Å². The fourth-order valence-electron chi connectivity index (χ4n) is 6.04. The molecule has 0 saturated carbocycles. The second-order valence-electron chi connectivity index (χ2n) is 15.0. The number of unbranched alkanes of at least 4 members (excludes halogenated alkanes) is 6. The number of nitrogens with zero attached hydrogens (tertiary/aromatic N) is 3. The van der Waals surface area contributed by atoms with E-state index < -0.39 is 34.9 Å². The Balaban J connectivity index is 0.000000208. The van der Waals surface area contributed by atoms with Gasteiger partial charge in [0, 0.05) is 35.3 Å². The summed E-state index contributed by atoms with van der Waals surface area (Å²) in [5.41, 5.74) is 4.57. The molecule has 0 N–H and O–H groups in total. The van der Waals surface area contributed by atoms with Gasteiger partial charge in [0.15, 0.2) is 34.7 Å². The number of aromatic nitrogens is 3. The van der Waals surface area contributed by atoms with Crippen LogP contribution in [0.5, 0.6) is 17.2 Å². The highest BCUT2D eigenvalue weighted by Crippen LogP contribution is 2.31. The first-order chi connectivity index (χ1) is 30.4. The molecule has 0 fully saturated rings. The van der Waals surface area contributed by atoms with E-state index in [0.29, 0.717) is 36.9 Å². The van der Waals surface area contributed by atoms with Crippen molar-refractivity contribution in [3.63, 3.8) is 0 Å². The van der Waals surface area contributed by atoms with Crippen LogP contribution < -0.4 is 14.2 Å². The van der Waals surface area contributed by atoms with Crippen molar-refractivity contribution in [1.29, 1.82) is 0 Å². The van der Waals surface area contributed by atoms with E-state index in [1.807, 2.05) is 39.8 Å². The number of pyridine rings is 3. The van der Waals surface area contributed by atoms with Gasteiger partial charge in [0.25, 0.3) is 0 Å². The molecule has 63 heavy (non-hydrogen) atoms. The topological polar surface area (TPSA) is 66.4 Å². The van der Waals surface area contributed by atoms with Crippen molar-refractivity contribution in [2.24, 2.45) is 0 Å². The van der Waals surface area contributed by atoms with E-state index in [1.165, 1.54) is 49.2 Å². The molecule has 0 aliphatic heterocycles. The summed E-state index contributed by atoms with van der Waals surface area (Å²) in [6.07, 6.45) is 13.9. The summed E-state index contributed by atoms with van der Waals surface area (Å²) >= 11 is 0. The number of rotatable bonds is 18. The maximum atomic E-state index is 14.2. The van der Waals surface area contributed by atoms with Crippen LogP contribution >= 0.6 is 0 Å². The molecule has 3 heterocycles. The van der Waals surface area contributed by atoms with Crippen LogP contribution in [0.25, 0.3) is 33.8 Å². The highest BCUT2D eigenvalue weighted by atomic mass is 19.2. The van der Waals surface area contributed by atoms with E-state index in [0.717, 1.165) is 61.6 Å². The molecule has 0 amide bonds. The molecular formula is C51H57F6N3O3. The summed E-state index contributed by atoms with van der Waals surface area (Å²) in [7, 11) is 0. The zero-order valence-electron chi connectivity index (χ0n) is 37.0. The fraction of sp³-hybridized carbons (Fsp3) is 0.353. The number of hydrogen-bond acceptors (Lipinski definition) is 6. The highest BCUT2D eigenvalue weighted by molar-refractivity contribution is 5.63. The number of aryl methyl sites for hydroxylation is 3. The molecule has 6 aromatic rings. The molecule has 3 aromatic heterocycles. The minimum absolute atomic E-state index is 0.0335. The lowest BCUT2D eigenvalue weighted by Crippen LogP contribution is -2.02. The standard InChI is InChI=1S/C19H23F2NO.C17H19F2NO.C15H15F2NO/c1-3-4-5-6-7-12-23-17-11-9-15(18(20)19(17)21)16-10-8-14(2)13-22-16;1-3-4-5-10-21-15-9-7-13(16(18)17(15)19)14-8-6-12(2)11-20-14;1-3-8-19-13-7-5-11(14(16)15(13)17)12-6-4-10(2)9-18-12/h8-11,13H,3-7,12H2,1-2H3;6-9,11H,3-5,10H2,1-2H3;4-7,9H,3,8H2,1-2H3. The molecule has 0 spiro atoms. The Morgan fingerprint density at radius 2 is 0.667 bits per heavy atom. The quantitative estimate of drug-likeness (QED) is 0.0633. The first kappa shape index (κ1) is 49.7. The predicted molar refractivity (Wildman–Crippen MR) is 238 cm³/mol. The summed E-state index contributed by atoms with van der Waals surface area (Å²) in [4.78, 5) is 12.4. The van der Waals surface area contributed by atoms with Crippen molar-refractivity contribution in [2.75, 3.05) is 19.8 Å². The molecule has 0 aliphatic rings. The van der Waals surface area contributed by atoms with Gasteiger partial charge in [-0.05, 0) is 111 Å². The van der Waals surface area contributed by atoms with Crippen LogP contribution in [0.15, 0.2) is 91.4 Å². The van der Waals surface area contributed by atoms with Gasteiger partial charge < -0.3 is 14.2 Å². The maximum Gasteiger partial charge on any atom is 0.201 e. The van der Waals surface area contributed by atoms with Gasteiger partial charge >= 0.3 is 0 Å².